The molecule has 0 unspecified atom stereocenters. The van der Waals surface area contributed by atoms with E-state index in [1.807, 2.05) is 6.20 Å². The minimum Gasteiger partial charge on any atom is -0.377 e. The van der Waals surface area contributed by atoms with Gasteiger partial charge < -0.3 is 4.74 Å². The van der Waals surface area contributed by atoms with E-state index in [4.69, 9.17) is 4.74 Å². The molecule has 31 heavy (non-hydrogen) atoms. The molecule has 0 saturated carbocycles. The highest BCUT2D eigenvalue weighted by molar-refractivity contribution is 5.91. The molecule has 2 aliphatic heterocycles. The van der Waals surface area contributed by atoms with Gasteiger partial charge >= 0.3 is 0 Å². The molecule has 2 fully saturated rings. The second-order valence-electron chi connectivity index (χ2n) is 8.57. The number of rotatable bonds is 4. The molecule has 1 spiro atoms. The number of fused-ring (bicyclic) bond motifs is 1. The smallest absolute Gasteiger partial charge is 0.134 e. The van der Waals surface area contributed by atoms with Gasteiger partial charge in [-0.1, -0.05) is 23.8 Å². The number of nitrogens with one attached hydrogen (secondary N) is 1. The number of ether oxygens (including phenoxy) is 1. The highest BCUT2D eigenvalue weighted by Gasteiger charge is 2.45. The Balaban J connectivity index is 1.22. The third-order valence-corrected chi connectivity index (χ3v) is 6.57. The van der Waals surface area contributed by atoms with Crippen LogP contribution in [-0.4, -0.2) is 55.4 Å². The van der Waals surface area contributed by atoms with E-state index in [2.05, 4.69) is 49.7 Å². The summed E-state index contributed by atoms with van der Waals surface area (Å²) in [5.41, 5.74) is 4.43. The van der Waals surface area contributed by atoms with E-state index in [1.165, 1.54) is 37.0 Å². The third kappa shape index (κ3) is 3.23. The molecule has 7 nitrogen and oxygen atoms in total. The van der Waals surface area contributed by atoms with E-state index >= 15 is 0 Å². The Labute approximate surface area is 178 Å². The molecule has 158 valence electrons. The van der Waals surface area contributed by atoms with Crippen LogP contribution in [0.1, 0.15) is 24.8 Å². The molecule has 2 aromatic carbocycles. The van der Waals surface area contributed by atoms with Crippen molar-refractivity contribution in [1.29, 1.82) is 0 Å². The minimum atomic E-state index is -0.299. The van der Waals surface area contributed by atoms with Crippen LogP contribution < -0.4 is 0 Å². The first-order valence-corrected chi connectivity index (χ1v) is 10.7. The maximum absolute atomic E-state index is 13.4. The van der Waals surface area contributed by atoms with Crippen molar-refractivity contribution in [2.75, 3.05) is 19.8 Å². The van der Waals surface area contributed by atoms with Crippen LogP contribution in [0.3, 0.4) is 0 Å². The van der Waals surface area contributed by atoms with E-state index in [1.54, 1.807) is 10.7 Å². The second kappa shape index (κ2) is 7.25. The number of benzene rings is 2. The van der Waals surface area contributed by atoms with Crippen molar-refractivity contribution < 1.29 is 9.13 Å². The predicted octanol–water partition coefficient (Wildman–Crippen LogP) is 3.70. The first-order valence-electron chi connectivity index (χ1n) is 10.7. The standard InChI is InChI=1S/C23H23FN6O/c24-17-5-8-19-20(11-17)25-27-22(19)21-13-30(28-26-21)18-6-3-16(4-7-18)12-29-10-2-1-9-23(29)14-31-15-23/h3-8,11,13H,1-2,9-10,12,14-15H2,(H,25,27). The molecule has 8 heteroatoms. The van der Waals surface area contributed by atoms with Crippen LogP contribution in [0.25, 0.3) is 28.0 Å². The Kier molecular flexibility index (Phi) is 4.36. The van der Waals surface area contributed by atoms with Crippen molar-refractivity contribution in [3.8, 4) is 17.1 Å². The summed E-state index contributed by atoms with van der Waals surface area (Å²) >= 11 is 0. The molecular weight excluding hydrogens is 395 g/mol. The minimum absolute atomic E-state index is 0.257. The molecule has 0 aliphatic carbocycles. The maximum Gasteiger partial charge on any atom is 0.134 e. The molecule has 0 radical (unpaired) electrons. The maximum atomic E-state index is 13.4. The Hall–Kier alpha value is -3.10. The second-order valence-corrected chi connectivity index (χ2v) is 8.57. The van der Waals surface area contributed by atoms with Gasteiger partial charge in [-0.2, -0.15) is 5.10 Å². The Morgan fingerprint density at radius 1 is 1.10 bits per heavy atom. The number of aromatic nitrogens is 5. The van der Waals surface area contributed by atoms with Crippen LogP contribution in [-0.2, 0) is 11.3 Å². The Morgan fingerprint density at radius 2 is 1.97 bits per heavy atom. The van der Waals surface area contributed by atoms with Gasteiger partial charge in [0.05, 0.1) is 36.2 Å². The van der Waals surface area contributed by atoms with Crippen molar-refractivity contribution in [3.05, 3.63) is 60.0 Å². The van der Waals surface area contributed by atoms with Gasteiger partial charge in [-0.25, -0.2) is 9.07 Å². The first kappa shape index (κ1) is 18.7. The Morgan fingerprint density at radius 3 is 2.77 bits per heavy atom. The summed E-state index contributed by atoms with van der Waals surface area (Å²) in [7, 11) is 0. The highest BCUT2D eigenvalue weighted by Crippen LogP contribution is 2.35. The zero-order valence-electron chi connectivity index (χ0n) is 17.1. The lowest BCUT2D eigenvalue weighted by Gasteiger charge is -2.52. The number of likely N-dealkylation sites (tertiary alicyclic amines) is 1. The number of hydrogen-bond acceptors (Lipinski definition) is 5. The van der Waals surface area contributed by atoms with E-state index in [0.717, 1.165) is 37.4 Å². The van der Waals surface area contributed by atoms with Crippen molar-refractivity contribution in [3.63, 3.8) is 0 Å². The van der Waals surface area contributed by atoms with Crippen LogP contribution >= 0.6 is 0 Å². The molecule has 4 aromatic rings. The van der Waals surface area contributed by atoms with Gasteiger partial charge in [0.1, 0.15) is 17.2 Å². The van der Waals surface area contributed by atoms with Gasteiger partial charge in [-0.15, -0.1) is 5.10 Å². The highest BCUT2D eigenvalue weighted by atomic mass is 19.1. The van der Waals surface area contributed by atoms with Gasteiger partial charge in [0.2, 0.25) is 0 Å². The summed E-state index contributed by atoms with van der Waals surface area (Å²) < 4.78 is 20.7. The third-order valence-electron chi connectivity index (χ3n) is 6.57. The summed E-state index contributed by atoms with van der Waals surface area (Å²) in [6, 6.07) is 13.0. The van der Waals surface area contributed by atoms with Gasteiger partial charge in [-0.05, 0) is 55.3 Å². The molecular formula is C23H23FN6O. The molecule has 0 atom stereocenters. The van der Waals surface area contributed by atoms with Crippen LogP contribution in [0.5, 0.6) is 0 Å². The van der Waals surface area contributed by atoms with Gasteiger partial charge in [0.15, 0.2) is 0 Å². The van der Waals surface area contributed by atoms with Crippen molar-refractivity contribution in [2.24, 2.45) is 0 Å². The van der Waals surface area contributed by atoms with E-state index < -0.39 is 0 Å². The average Bonchev–Trinajstić information content (AvgIpc) is 3.40. The van der Waals surface area contributed by atoms with E-state index in [0.29, 0.717) is 16.9 Å². The molecule has 1 N–H and O–H groups in total. The van der Waals surface area contributed by atoms with Crippen molar-refractivity contribution in [2.45, 2.75) is 31.3 Å². The summed E-state index contributed by atoms with van der Waals surface area (Å²) in [5.74, 6) is -0.299. The fourth-order valence-electron chi connectivity index (χ4n) is 4.72. The monoisotopic (exact) mass is 418 g/mol. The number of piperidine rings is 1. The molecule has 0 amide bonds. The number of aromatic amines is 1. The fraction of sp³-hybridized carbons (Fsp3) is 0.348. The van der Waals surface area contributed by atoms with Crippen molar-refractivity contribution in [1.82, 2.24) is 30.1 Å². The molecule has 2 aromatic heterocycles. The molecule has 2 aliphatic rings. The van der Waals surface area contributed by atoms with Crippen molar-refractivity contribution >= 4 is 10.9 Å². The summed E-state index contributed by atoms with van der Waals surface area (Å²) in [6.45, 7) is 3.81. The lowest BCUT2D eigenvalue weighted by molar-refractivity contribution is -0.159. The lowest BCUT2D eigenvalue weighted by Crippen LogP contribution is -2.63. The van der Waals surface area contributed by atoms with E-state index in [9.17, 15) is 4.39 Å². The van der Waals surface area contributed by atoms with Gasteiger partial charge in [-0.3, -0.25) is 10.00 Å². The fourth-order valence-corrected chi connectivity index (χ4v) is 4.72. The molecule has 4 heterocycles. The lowest BCUT2D eigenvalue weighted by atomic mass is 9.84. The van der Waals surface area contributed by atoms with Gasteiger partial charge in [0.25, 0.3) is 0 Å². The zero-order valence-corrected chi connectivity index (χ0v) is 17.1. The number of hydrogen-bond donors (Lipinski definition) is 1. The van der Waals surface area contributed by atoms with E-state index in [-0.39, 0.29) is 11.4 Å². The average molecular weight is 418 g/mol. The number of nitrogens with zero attached hydrogens (tertiary/aromatic N) is 5. The summed E-state index contributed by atoms with van der Waals surface area (Å²) in [6.07, 6.45) is 5.64. The largest absolute Gasteiger partial charge is 0.377 e. The normalized spacial score (nSPS) is 18.5. The molecule has 2 saturated heterocycles. The summed E-state index contributed by atoms with van der Waals surface area (Å²) in [5, 5.41) is 16.5. The quantitative estimate of drug-likeness (QED) is 0.547. The first-order chi connectivity index (χ1) is 15.2. The molecule has 0 bridgehead atoms. The predicted molar refractivity (Wildman–Crippen MR) is 114 cm³/mol. The summed E-state index contributed by atoms with van der Waals surface area (Å²) in [4.78, 5) is 2.59. The number of halogens is 1. The van der Waals surface area contributed by atoms with Crippen LogP contribution in [0, 0.1) is 5.82 Å². The van der Waals surface area contributed by atoms with Gasteiger partial charge in [0, 0.05) is 11.9 Å². The van der Waals surface area contributed by atoms with Crippen LogP contribution in [0.2, 0.25) is 0 Å². The Bertz CT molecular complexity index is 1230. The molecule has 6 rings (SSSR count). The van der Waals surface area contributed by atoms with Crippen LogP contribution in [0.15, 0.2) is 48.7 Å². The zero-order chi connectivity index (χ0) is 20.8. The van der Waals surface area contributed by atoms with Crippen LogP contribution in [0.4, 0.5) is 4.39 Å². The SMILES string of the molecule is Fc1ccc2c(-c3cn(-c4ccc(CN5CCCCC56COC6)cc4)nn3)n[nH]c2c1. The topological polar surface area (TPSA) is 71.9 Å². The number of H-pyrrole nitrogens is 1.